The van der Waals surface area contributed by atoms with Gasteiger partial charge in [-0.15, -0.1) is 0 Å². The summed E-state index contributed by atoms with van der Waals surface area (Å²) in [5, 5.41) is 9.76. The van der Waals surface area contributed by atoms with Crippen LogP contribution in [-0.4, -0.2) is 21.8 Å². The molecule has 0 amide bonds. The molecule has 148 valence electrons. The number of H-pyrrole nitrogens is 1. The first-order valence-corrected chi connectivity index (χ1v) is 9.46. The maximum absolute atomic E-state index is 13.0. The van der Waals surface area contributed by atoms with Gasteiger partial charge in [0.1, 0.15) is 0 Å². The molecule has 5 nitrogen and oxygen atoms in total. The number of halogens is 1. The Bertz CT molecular complexity index is 1130. The van der Waals surface area contributed by atoms with E-state index in [1.54, 1.807) is 31.2 Å². The predicted molar refractivity (Wildman–Crippen MR) is 112 cm³/mol. The third kappa shape index (κ3) is 4.63. The van der Waals surface area contributed by atoms with Crippen molar-refractivity contribution in [3.63, 3.8) is 0 Å². The Labute approximate surface area is 173 Å². The monoisotopic (exact) mass is 409 g/mol. The van der Waals surface area contributed by atoms with Crippen LogP contribution in [0.2, 0.25) is 5.02 Å². The number of nitrogens with one attached hydrogen (secondary N) is 1. The Balaban J connectivity index is 2.02. The molecular formula is C23H20ClNO4. The van der Waals surface area contributed by atoms with Gasteiger partial charge in [0.25, 0.3) is 5.56 Å². The number of hydrogen-bond acceptors (Lipinski definition) is 3. The van der Waals surface area contributed by atoms with Crippen LogP contribution < -0.4 is 5.56 Å². The number of aromatic carboxylic acids is 1. The molecule has 0 saturated carbocycles. The molecule has 2 aromatic carbocycles. The molecule has 6 heteroatoms. The van der Waals surface area contributed by atoms with E-state index in [0.717, 1.165) is 16.7 Å². The smallest absolute Gasteiger partial charge is 0.335 e. The molecule has 0 saturated heterocycles. The molecule has 3 rings (SSSR count). The number of pyridine rings is 1. The molecule has 2 N–H and O–H groups in total. The van der Waals surface area contributed by atoms with Crippen molar-refractivity contribution in [2.45, 2.75) is 26.2 Å². The summed E-state index contributed by atoms with van der Waals surface area (Å²) < 4.78 is 0. The Morgan fingerprint density at radius 3 is 2.28 bits per heavy atom. The average molecular weight is 410 g/mol. The van der Waals surface area contributed by atoms with Crippen LogP contribution in [0.15, 0.2) is 59.5 Å². The normalized spacial score (nSPS) is 11.8. The first-order chi connectivity index (χ1) is 13.8. The number of carboxylic acid groups (broad SMARTS) is 1. The highest BCUT2D eigenvalue weighted by atomic mass is 35.5. The summed E-state index contributed by atoms with van der Waals surface area (Å²) in [7, 11) is 0. The van der Waals surface area contributed by atoms with Gasteiger partial charge >= 0.3 is 5.97 Å². The second-order valence-corrected chi connectivity index (χ2v) is 7.44. The average Bonchev–Trinajstić information content (AvgIpc) is 2.68. The summed E-state index contributed by atoms with van der Waals surface area (Å²) in [6, 6.07) is 13.6. The molecule has 1 heterocycles. The summed E-state index contributed by atoms with van der Waals surface area (Å²) in [6.45, 7) is 3.58. The minimum Gasteiger partial charge on any atom is -0.478 e. The van der Waals surface area contributed by atoms with E-state index in [4.69, 9.17) is 16.7 Å². The number of carboxylic acids is 1. The van der Waals surface area contributed by atoms with Gasteiger partial charge in [0.2, 0.25) is 0 Å². The minimum atomic E-state index is -1.00. The second kappa shape index (κ2) is 8.45. The van der Waals surface area contributed by atoms with Gasteiger partial charge in [-0.1, -0.05) is 29.8 Å². The molecule has 0 aliphatic carbocycles. The lowest BCUT2D eigenvalue weighted by Gasteiger charge is -2.20. The van der Waals surface area contributed by atoms with Gasteiger partial charge in [-0.25, -0.2) is 4.79 Å². The third-order valence-electron chi connectivity index (χ3n) is 4.97. The van der Waals surface area contributed by atoms with Crippen molar-refractivity contribution in [3.8, 4) is 0 Å². The number of aromatic nitrogens is 1. The van der Waals surface area contributed by atoms with Crippen LogP contribution >= 0.6 is 11.6 Å². The van der Waals surface area contributed by atoms with Crippen molar-refractivity contribution in [1.29, 1.82) is 0 Å². The molecule has 0 aliphatic heterocycles. The zero-order valence-electron chi connectivity index (χ0n) is 16.0. The first kappa shape index (κ1) is 20.6. The quantitative estimate of drug-likeness (QED) is 0.575. The molecule has 0 aliphatic rings. The first-order valence-electron chi connectivity index (χ1n) is 9.08. The molecule has 1 atom stereocenters. The van der Waals surface area contributed by atoms with Crippen LogP contribution in [0.5, 0.6) is 0 Å². The number of aromatic amines is 1. The van der Waals surface area contributed by atoms with Crippen LogP contribution in [0.25, 0.3) is 0 Å². The molecule has 29 heavy (non-hydrogen) atoms. The van der Waals surface area contributed by atoms with Gasteiger partial charge in [0.15, 0.2) is 5.78 Å². The van der Waals surface area contributed by atoms with E-state index >= 15 is 0 Å². The van der Waals surface area contributed by atoms with Gasteiger partial charge in [0.05, 0.1) is 5.56 Å². The van der Waals surface area contributed by atoms with Crippen LogP contribution in [0.3, 0.4) is 0 Å². The van der Waals surface area contributed by atoms with E-state index in [1.807, 2.05) is 19.1 Å². The lowest BCUT2D eigenvalue weighted by molar-refractivity contribution is 0.0696. The number of carbonyl (C=O) groups excluding carboxylic acids is 1. The summed E-state index contributed by atoms with van der Waals surface area (Å²) >= 11 is 6.09. The molecule has 0 bridgehead atoms. The van der Waals surface area contributed by atoms with Gasteiger partial charge in [0, 0.05) is 34.7 Å². The highest BCUT2D eigenvalue weighted by molar-refractivity contribution is 6.30. The van der Waals surface area contributed by atoms with Crippen molar-refractivity contribution in [2.24, 2.45) is 0 Å². The number of aryl methyl sites for hydroxylation is 2. The van der Waals surface area contributed by atoms with Gasteiger partial charge in [-0.2, -0.15) is 0 Å². The zero-order valence-corrected chi connectivity index (χ0v) is 16.8. The maximum atomic E-state index is 13.0. The van der Waals surface area contributed by atoms with Gasteiger partial charge in [-0.3, -0.25) is 9.59 Å². The van der Waals surface area contributed by atoms with Crippen molar-refractivity contribution in [1.82, 2.24) is 4.98 Å². The van der Waals surface area contributed by atoms with Crippen LogP contribution in [0.4, 0.5) is 0 Å². The van der Waals surface area contributed by atoms with E-state index in [1.165, 1.54) is 18.3 Å². The van der Waals surface area contributed by atoms with Gasteiger partial charge in [-0.05, 0) is 60.9 Å². The fraction of sp³-hybridized carbons (Fsp3) is 0.174. The third-order valence-corrected chi connectivity index (χ3v) is 5.20. The maximum Gasteiger partial charge on any atom is 0.335 e. The Hall–Kier alpha value is -3.18. The number of Topliss-reactive ketones (excluding diaryl/α,β-unsaturated/α-hetero) is 1. The van der Waals surface area contributed by atoms with E-state index in [9.17, 15) is 14.4 Å². The van der Waals surface area contributed by atoms with E-state index in [-0.39, 0.29) is 29.2 Å². The topological polar surface area (TPSA) is 87.2 Å². The number of benzene rings is 2. The van der Waals surface area contributed by atoms with Crippen molar-refractivity contribution < 1.29 is 14.7 Å². The predicted octanol–water partition coefficient (Wildman–Crippen LogP) is 4.75. The number of hydrogen-bond donors (Lipinski definition) is 2. The molecule has 1 unspecified atom stereocenters. The van der Waals surface area contributed by atoms with Gasteiger partial charge < -0.3 is 10.1 Å². The Kier molecular flexibility index (Phi) is 5.99. The number of rotatable bonds is 6. The molecular weight excluding hydrogens is 390 g/mol. The fourth-order valence-corrected chi connectivity index (χ4v) is 3.58. The fourth-order valence-electron chi connectivity index (χ4n) is 3.36. The summed E-state index contributed by atoms with van der Waals surface area (Å²) in [6.07, 6.45) is 1.59. The lowest BCUT2D eigenvalue weighted by Crippen LogP contribution is -2.14. The lowest BCUT2D eigenvalue weighted by atomic mass is 9.83. The SMILES string of the molecule is Cc1cc(Cl)ccc1C(CC(=O)c1c[nH]c(=O)c(C)c1)c1ccc(C(=O)O)cc1. The summed E-state index contributed by atoms with van der Waals surface area (Å²) in [4.78, 5) is 38.3. The standard InChI is InChI=1S/C23H20ClNO4/c1-13-10-18(24)7-8-19(13)20(15-3-5-16(6-4-15)23(28)29)11-21(26)17-9-14(2)22(27)25-12-17/h3-10,12,20H,11H2,1-2H3,(H,25,27)(H,28,29). The van der Waals surface area contributed by atoms with Crippen LogP contribution in [0.1, 0.15) is 55.3 Å². The number of carbonyl (C=O) groups is 2. The Morgan fingerprint density at radius 1 is 1.00 bits per heavy atom. The summed E-state index contributed by atoms with van der Waals surface area (Å²) in [5.41, 5.74) is 3.57. The van der Waals surface area contributed by atoms with E-state index in [0.29, 0.717) is 16.1 Å². The largest absolute Gasteiger partial charge is 0.478 e. The molecule has 0 fully saturated rings. The molecule has 3 aromatic rings. The highest BCUT2D eigenvalue weighted by Crippen LogP contribution is 2.33. The zero-order chi connectivity index (χ0) is 21.1. The minimum absolute atomic E-state index is 0.119. The van der Waals surface area contributed by atoms with Crippen molar-refractivity contribution in [2.75, 3.05) is 0 Å². The van der Waals surface area contributed by atoms with Crippen molar-refractivity contribution >= 4 is 23.4 Å². The molecule has 1 aromatic heterocycles. The molecule has 0 radical (unpaired) electrons. The van der Waals surface area contributed by atoms with E-state index < -0.39 is 5.97 Å². The number of ketones is 1. The van der Waals surface area contributed by atoms with Crippen LogP contribution in [-0.2, 0) is 0 Å². The Morgan fingerprint density at radius 2 is 1.69 bits per heavy atom. The van der Waals surface area contributed by atoms with Crippen molar-refractivity contribution in [3.05, 3.63) is 103 Å². The molecule has 0 spiro atoms. The van der Waals surface area contributed by atoms with E-state index in [2.05, 4.69) is 4.98 Å². The second-order valence-electron chi connectivity index (χ2n) is 7.01. The summed E-state index contributed by atoms with van der Waals surface area (Å²) in [5.74, 6) is -1.41. The highest BCUT2D eigenvalue weighted by Gasteiger charge is 2.22. The van der Waals surface area contributed by atoms with Crippen LogP contribution in [0, 0.1) is 13.8 Å².